The highest BCUT2D eigenvalue weighted by Crippen LogP contribution is 2.26. The fourth-order valence-electron chi connectivity index (χ4n) is 3.09. The molecule has 2 atom stereocenters. The molecule has 0 aromatic heterocycles. The molecule has 0 saturated carbocycles. The van der Waals surface area contributed by atoms with Crippen molar-refractivity contribution in [3.63, 3.8) is 0 Å². The number of rotatable bonds is 3. The van der Waals surface area contributed by atoms with Crippen LogP contribution in [-0.2, 0) is 19.4 Å². The van der Waals surface area contributed by atoms with Crippen LogP contribution in [0.3, 0.4) is 0 Å². The molecule has 2 aliphatic rings. The monoisotopic (exact) mass is 336 g/mol. The van der Waals surface area contributed by atoms with E-state index >= 15 is 0 Å². The Balaban J connectivity index is 1.63. The van der Waals surface area contributed by atoms with E-state index in [1.807, 2.05) is 31.2 Å². The van der Waals surface area contributed by atoms with Gasteiger partial charge in [-0.15, -0.1) is 0 Å². The van der Waals surface area contributed by atoms with Gasteiger partial charge in [0.15, 0.2) is 9.84 Å². The summed E-state index contributed by atoms with van der Waals surface area (Å²) in [7, 11) is -3.03. The molecule has 1 N–H and O–H groups in total. The Morgan fingerprint density at radius 2 is 1.96 bits per heavy atom. The van der Waals surface area contributed by atoms with Gasteiger partial charge in [0.25, 0.3) is 0 Å². The normalized spacial score (nSPS) is 26.5. The molecule has 2 saturated heterocycles. The molecule has 1 aromatic carbocycles. The number of sulfone groups is 1. The minimum atomic E-state index is -3.03. The number of carbonyl (C=O) groups excluding carboxylic acids is 2. The molecule has 6 nitrogen and oxygen atoms in total. The van der Waals surface area contributed by atoms with Gasteiger partial charge in [-0.1, -0.05) is 17.7 Å². The molecule has 124 valence electrons. The van der Waals surface area contributed by atoms with Gasteiger partial charge in [-0.2, -0.15) is 0 Å². The van der Waals surface area contributed by atoms with Crippen molar-refractivity contribution in [2.75, 3.05) is 23.0 Å². The predicted octanol–water partition coefficient (Wildman–Crippen LogP) is 0.651. The molecule has 0 unspecified atom stereocenters. The zero-order chi connectivity index (χ0) is 16.6. The fourth-order valence-corrected chi connectivity index (χ4v) is 4.76. The van der Waals surface area contributed by atoms with Crippen LogP contribution in [0, 0.1) is 12.8 Å². The smallest absolute Gasteiger partial charge is 0.227 e. The highest BCUT2D eigenvalue weighted by atomic mass is 32.2. The second kappa shape index (κ2) is 5.96. The van der Waals surface area contributed by atoms with Crippen LogP contribution >= 0.6 is 0 Å². The summed E-state index contributed by atoms with van der Waals surface area (Å²) in [6.07, 6.45) is 0.621. The first-order chi connectivity index (χ1) is 10.8. The van der Waals surface area contributed by atoms with Crippen molar-refractivity contribution < 1.29 is 18.0 Å². The Kier molecular flexibility index (Phi) is 4.14. The number of aryl methyl sites for hydroxylation is 1. The topological polar surface area (TPSA) is 83.6 Å². The molecule has 2 amide bonds. The Labute approximate surface area is 135 Å². The zero-order valence-electron chi connectivity index (χ0n) is 13.0. The summed E-state index contributed by atoms with van der Waals surface area (Å²) in [5, 5.41) is 2.78. The van der Waals surface area contributed by atoms with Crippen molar-refractivity contribution >= 4 is 27.3 Å². The van der Waals surface area contributed by atoms with E-state index in [0.717, 1.165) is 11.3 Å². The largest absolute Gasteiger partial charge is 0.352 e. The first kappa shape index (κ1) is 16.0. The van der Waals surface area contributed by atoms with Crippen LogP contribution in [0.4, 0.5) is 5.69 Å². The van der Waals surface area contributed by atoms with Crippen LogP contribution in [0.25, 0.3) is 0 Å². The van der Waals surface area contributed by atoms with Crippen molar-refractivity contribution in [3.8, 4) is 0 Å². The van der Waals surface area contributed by atoms with Crippen LogP contribution in [0.5, 0.6) is 0 Å². The lowest BCUT2D eigenvalue weighted by Crippen LogP contribution is -2.40. The van der Waals surface area contributed by atoms with E-state index < -0.39 is 15.8 Å². The summed E-state index contributed by atoms with van der Waals surface area (Å²) >= 11 is 0. The third kappa shape index (κ3) is 3.55. The second-order valence-corrected chi connectivity index (χ2v) is 8.58. The van der Waals surface area contributed by atoms with Gasteiger partial charge in [-0.05, 0) is 25.5 Å². The van der Waals surface area contributed by atoms with Crippen molar-refractivity contribution in [1.82, 2.24) is 5.32 Å². The first-order valence-corrected chi connectivity index (χ1v) is 9.54. The zero-order valence-corrected chi connectivity index (χ0v) is 13.8. The van der Waals surface area contributed by atoms with Gasteiger partial charge in [0.2, 0.25) is 11.8 Å². The maximum atomic E-state index is 12.3. The molecular weight excluding hydrogens is 316 g/mol. The van der Waals surface area contributed by atoms with Crippen molar-refractivity contribution in [3.05, 3.63) is 29.8 Å². The van der Waals surface area contributed by atoms with Crippen molar-refractivity contribution in [2.45, 2.75) is 25.8 Å². The van der Waals surface area contributed by atoms with Gasteiger partial charge in [0, 0.05) is 24.7 Å². The van der Waals surface area contributed by atoms with E-state index in [2.05, 4.69) is 5.32 Å². The Morgan fingerprint density at radius 1 is 1.26 bits per heavy atom. The summed E-state index contributed by atoms with van der Waals surface area (Å²) in [6, 6.07) is 7.28. The Morgan fingerprint density at radius 3 is 2.57 bits per heavy atom. The Bertz CT molecular complexity index is 727. The maximum absolute atomic E-state index is 12.3. The summed E-state index contributed by atoms with van der Waals surface area (Å²) in [4.78, 5) is 26.1. The summed E-state index contributed by atoms with van der Waals surface area (Å²) in [5.74, 6) is -0.604. The Hall–Kier alpha value is -1.89. The molecule has 0 aliphatic carbocycles. The SMILES string of the molecule is Cc1ccc(N2C[C@@H](C(=O)N[C@H]3CCS(=O)(=O)C3)CC2=O)cc1. The molecule has 2 fully saturated rings. The predicted molar refractivity (Wildman–Crippen MR) is 86.8 cm³/mol. The van der Waals surface area contributed by atoms with Gasteiger partial charge in [0.05, 0.1) is 17.4 Å². The van der Waals surface area contributed by atoms with E-state index in [-0.39, 0.29) is 35.8 Å². The quantitative estimate of drug-likeness (QED) is 0.878. The van der Waals surface area contributed by atoms with E-state index in [9.17, 15) is 18.0 Å². The number of nitrogens with one attached hydrogen (secondary N) is 1. The molecule has 23 heavy (non-hydrogen) atoms. The van der Waals surface area contributed by atoms with E-state index in [0.29, 0.717) is 13.0 Å². The molecule has 7 heteroatoms. The number of benzene rings is 1. The third-order valence-corrected chi connectivity index (χ3v) is 6.19. The number of anilines is 1. The van der Waals surface area contributed by atoms with Crippen molar-refractivity contribution in [1.29, 1.82) is 0 Å². The molecule has 0 radical (unpaired) electrons. The minimum Gasteiger partial charge on any atom is -0.352 e. The molecule has 3 rings (SSSR count). The lowest BCUT2D eigenvalue weighted by Gasteiger charge is -2.18. The number of carbonyl (C=O) groups is 2. The second-order valence-electron chi connectivity index (χ2n) is 6.35. The molecular formula is C16H20N2O4S. The summed E-state index contributed by atoms with van der Waals surface area (Å²) in [5.41, 5.74) is 1.90. The van der Waals surface area contributed by atoms with Gasteiger partial charge in [-0.25, -0.2) is 8.42 Å². The lowest BCUT2D eigenvalue weighted by atomic mass is 10.1. The number of amides is 2. The van der Waals surface area contributed by atoms with E-state index in [4.69, 9.17) is 0 Å². The molecule has 2 aliphatic heterocycles. The van der Waals surface area contributed by atoms with Crippen LogP contribution in [0.1, 0.15) is 18.4 Å². The lowest BCUT2D eigenvalue weighted by molar-refractivity contribution is -0.126. The van der Waals surface area contributed by atoms with E-state index in [1.165, 1.54) is 0 Å². The summed E-state index contributed by atoms with van der Waals surface area (Å²) < 4.78 is 22.9. The summed E-state index contributed by atoms with van der Waals surface area (Å²) in [6.45, 7) is 2.31. The highest BCUT2D eigenvalue weighted by Gasteiger charge is 2.37. The molecule has 2 heterocycles. The first-order valence-electron chi connectivity index (χ1n) is 7.72. The molecule has 0 spiro atoms. The number of hydrogen-bond donors (Lipinski definition) is 1. The van der Waals surface area contributed by atoms with E-state index in [1.54, 1.807) is 4.90 Å². The highest BCUT2D eigenvalue weighted by molar-refractivity contribution is 7.91. The van der Waals surface area contributed by atoms with Crippen molar-refractivity contribution in [2.24, 2.45) is 5.92 Å². The van der Waals surface area contributed by atoms with Gasteiger partial charge < -0.3 is 10.2 Å². The number of hydrogen-bond acceptors (Lipinski definition) is 4. The van der Waals surface area contributed by atoms with Gasteiger partial charge in [0.1, 0.15) is 0 Å². The maximum Gasteiger partial charge on any atom is 0.227 e. The van der Waals surface area contributed by atoms with Crippen LogP contribution in [0.2, 0.25) is 0 Å². The van der Waals surface area contributed by atoms with Gasteiger partial charge in [-0.3, -0.25) is 9.59 Å². The van der Waals surface area contributed by atoms with Gasteiger partial charge >= 0.3 is 0 Å². The average Bonchev–Trinajstić information content (AvgIpc) is 3.03. The average molecular weight is 336 g/mol. The molecule has 1 aromatic rings. The van der Waals surface area contributed by atoms with Crippen LogP contribution < -0.4 is 10.2 Å². The minimum absolute atomic E-state index is 0.00107. The number of nitrogens with zero attached hydrogens (tertiary/aromatic N) is 1. The van der Waals surface area contributed by atoms with Crippen LogP contribution in [0.15, 0.2) is 24.3 Å². The third-order valence-electron chi connectivity index (χ3n) is 4.42. The molecule has 0 bridgehead atoms. The fraction of sp³-hybridized carbons (Fsp3) is 0.500. The van der Waals surface area contributed by atoms with Crippen LogP contribution in [-0.4, -0.2) is 44.3 Å². The standard InChI is InChI=1S/C16H20N2O4S/c1-11-2-4-14(5-3-11)18-9-12(8-15(18)19)16(20)17-13-6-7-23(21,22)10-13/h2-5,12-13H,6-10H2,1H3,(H,17,20)/t12-,13-/m0/s1.